The van der Waals surface area contributed by atoms with Gasteiger partial charge in [0.25, 0.3) is 0 Å². The van der Waals surface area contributed by atoms with Gasteiger partial charge in [-0.2, -0.15) is 0 Å². The molecule has 0 amide bonds. The number of allylic oxidation sites excluding steroid dienone is 8. The smallest absolute Gasteiger partial charge is 0.141 e. The SMILES string of the molecule is C/C=C\C(C)=C(C)C.C/C=C\C=N.CC#CC.CC/C=C(/C)OF. The Balaban J connectivity index is -0.000000115. The lowest BCUT2D eigenvalue weighted by Gasteiger charge is -1.91. The molecule has 0 aromatic heterocycles. The van der Waals surface area contributed by atoms with Gasteiger partial charge in [0.15, 0.2) is 0 Å². The molecule has 0 aromatic carbocycles. The van der Waals surface area contributed by atoms with Crippen LogP contribution in [-0.4, -0.2) is 6.21 Å². The maximum absolute atomic E-state index is 11.0. The molecule has 0 aromatic rings. The average molecular weight is 338 g/mol. The van der Waals surface area contributed by atoms with Crippen molar-refractivity contribution in [1.29, 1.82) is 5.41 Å². The fourth-order valence-corrected chi connectivity index (χ4v) is 0.832. The Hall–Kier alpha value is -2.08. The van der Waals surface area contributed by atoms with Gasteiger partial charge in [0.05, 0.1) is 0 Å². The maximum Gasteiger partial charge on any atom is 0.141 e. The van der Waals surface area contributed by atoms with E-state index in [1.807, 2.05) is 40.7 Å². The first-order chi connectivity index (χ1) is 11.3. The second kappa shape index (κ2) is 29.0. The Bertz CT molecular complexity index is 436. The normalized spacial score (nSPS) is 9.17. The van der Waals surface area contributed by atoms with Crippen molar-refractivity contribution in [2.24, 2.45) is 0 Å². The summed E-state index contributed by atoms with van der Waals surface area (Å²) in [6.07, 6.45) is 11.4. The Morgan fingerprint density at radius 1 is 1.04 bits per heavy atom. The van der Waals surface area contributed by atoms with Gasteiger partial charge in [0.2, 0.25) is 0 Å². The van der Waals surface area contributed by atoms with Crippen molar-refractivity contribution in [3.05, 3.63) is 47.3 Å². The number of rotatable bonds is 4. The van der Waals surface area contributed by atoms with Crippen molar-refractivity contribution >= 4 is 6.21 Å². The lowest BCUT2D eigenvalue weighted by molar-refractivity contribution is -0.0824. The molecule has 138 valence electrons. The van der Waals surface area contributed by atoms with E-state index in [-0.39, 0.29) is 0 Å². The molecule has 0 unspecified atom stereocenters. The molecule has 0 heterocycles. The molecule has 3 heteroatoms. The van der Waals surface area contributed by atoms with E-state index in [0.29, 0.717) is 5.76 Å². The zero-order valence-corrected chi connectivity index (χ0v) is 17.0. The highest BCUT2D eigenvalue weighted by atomic mass is 19.3. The van der Waals surface area contributed by atoms with Crippen LogP contribution in [0.5, 0.6) is 0 Å². The van der Waals surface area contributed by atoms with E-state index in [0.717, 1.165) is 6.42 Å². The van der Waals surface area contributed by atoms with Crippen LogP contribution in [-0.2, 0) is 4.94 Å². The summed E-state index contributed by atoms with van der Waals surface area (Å²) in [6.45, 7) is 17.4. The van der Waals surface area contributed by atoms with Crippen LogP contribution in [0.15, 0.2) is 47.3 Å². The highest BCUT2D eigenvalue weighted by molar-refractivity contribution is 5.67. The molecule has 0 fully saturated rings. The molecule has 2 nitrogen and oxygen atoms in total. The van der Waals surface area contributed by atoms with E-state index < -0.39 is 0 Å². The Labute approximate surface area is 149 Å². The van der Waals surface area contributed by atoms with Crippen molar-refractivity contribution in [2.75, 3.05) is 0 Å². The number of halogens is 1. The first kappa shape index (κ1) is 29.9. The van der Waals surface area contributed by atoms with E-state index in [9.17, 15) is 4.53 Å². The summed E-state index contributed by atoms with van der Waals surface area (Å²) in [4.78, 5) is 3.35. The van der Waals surface area contributed by atoms with Crippen LogP contribution in [0.1, 0.15) is 68.7 Å². The highest BCUT2D eigenvalue weighted by Gasteiger charge is 1.81. The maximum atomic E-state index is 11.0. The summed E-state index contributed by atoms with van der Waals surface area (Å²) in [5, 5.41) is 6.39. The Morgan fingerprint density at radius 3 is 1.62 bits per heavy atom. The summed E-state index contributed by atoms with van der Waals surface area (Å²) in [7, 11) is 0. The second-order valence-corrected chi connectivity index (χ2v) is 4.68. The minimum absolute atomic E-state index is 0.336. The van der Waals surface area contributed by atoms with Crippen LogP contribution in [0.4, 0.5) is 4.53 Å². The molecule has 1 N–H and O–H groups in total. The van der Waals surface area contributed by atoms with Crippen LogP contribution < -0.4 is 0 Å². The molecule has 0 radical (unpaired) electrons. The molecular formula is C21H36FNO. The summed E-state index contributed by atoms with van der Waals surface area (Å²) in [6, 6.07) is 0. The topological polar surface area (TPSA) is 33.1 Å². The molecule has 0 atom stereocenters. The van der Waals surface area contributed by atoms with Crippen LogP contribution in [0.25, 0.3) is 0 Å². The van der Waals surface area contributed by atoms with Gasteiger partial charge in [0, 0.05) is 10.7 Å². The molecule has 0 aliphatic rings. The van der Waals surface area contributed by atoms with Crippen molar-refractivity contribution in [2.45, 2.75) is 68.7 Å². The number of hydrogen-bond acceptors (Lipinski definition) is 2. The van der Waals surface area contributed by atoms with Gasteiger partial charge in [0.1, 0.15) is 5.76 Å². The fourth-order valence-electron chi connectivity index (χ4n) is 0.832. The molecule has 0 bridgehead atoms. The zero-order valence-electron chi connectivity index (χ0n) is 17.0. The van der Waals surface area contributed by atoms with Crippen molar-refractivity contribution in [3.63, 3.8) is 0 Å². The quantitative estimate of drug-likeness (QED) is 0.247. The standard InChI is InChI=1S/C8H14.C5H9FO.C4H7N.C4H6/c1-5-6-8(4)7(2)3;1-3-4-5(2)7-6;1-2-3-4-5;1-3-4-2/h5-6H,1-4H3;4H,3H2,1-2H3;2-5H,1H3;1-2H3/b6-5-;5-4-;3-2-,5-4?;. The van der Waals surface area contributed by atoms with E-state index in [2.05, 4.69) is 49.7 Å². The molecule has 0 aliphatic heterocycles. The number of nitrogens with one attached hydrogen (secondary N) is 1. The molecule has 0 aliphatic carbocycles. The molecule has 24 heavy (non-hydrogen) atoms. The first-order valence-electron chi connectivity index (χ1n) is 7.99. The van der Waals surface area contributed by atoms with Gasteiger partial charge in [-0.1, -0.05) is 36.3 Å². The zero-order chi connectivity index (χ0) is 19.8. The van der Waals surface area contributed by atoms with Crippen molar-refractivity contribution in [1.82, 2.24) is 0 Å². The summed E-state index contributed by atoms with van der Waals surface area (Å²) >= 11 is 0. The van der Waals surface area contributed by atoms with Crippen LogP contribution >= 0.6 is 0 Å². The predicted octanol–water partition coefficient (Wildman–Crippen LogP) is 7.36. The van der Waals surface area contributed by atoms with Crippen LogP contribution in [0, 0.1) is 17.3 Å². The lowest BCUT2D eigenvalue weighted by atomic mass is 10.2. The van der Waals surface area contributed by atoms with E-state index in [1.54, 1.807) is 19.1 Å². The average Bonchev–Trinajstić information content (AvgIpc) is 2.57. The third kappa shape index (κ3) is 42.7. The first-order valence-corrected chi connectivity index (χ1v) is 7.99. The van der Waals surface area contributed by atoms with E-state index in [4.69, 9.17) is 5.41 Å². The molecule has 0 saturated heterocycles. The monoisotopic (exact) mass is 337 g/mol. The van der Waals surface area contributed by atoms with Gasteiger partial charge >= 0.3 is 0 Å². The Morgan fingerprint density at radius 2 is 1.54 bits per heavy atom. The van der Waals surface area contributed by atoms with Crippen molar-refractivity contribution < 1.29 is 9.47 Å². The molecule has 0 rings (SSSR count). The fraction of sp³-hybridized carbons (Fsp3) is 0.476. The highest BCUT2D eigenvalue weighted by Crippen LogP contribution is 2.01. The van der Waals surface area contributed by atoms with Gasteiger partial charge < -0.3 is 5.41 Å². The van der Waals surface area contributed by atoms with Gasteiger partial charge in [-0.3, -0.25) is 4.94 Å². The summed E-state index contributed by atoms with van der Waals surface area (Å²) in [5.41, 5.74) is 2.76. The van der Waals surface area contributed by atoms with Gasteiger partial charge in [-0.25, -0.2) is 0 Å². The van der Waals surface area contributed by atoms with Gasteiger partial charge in [-0.15, -0.1) is 11.8 Å². The minimum Gasteiger partial charge on any atom is -0.309 e. The predicted molar refractivity (Wildman–Crippen MR) is 108 cm³/mol. The largest absolute Gasteiger partial charge is 0.309 e. The van der Waals surface area contributed by atoms with Crippen LogP contribution in [0.2, 0.25) is 0 Å². The second-order valence-electron chi connectivity index (χ2n) is 4.68. The minimum atomic E-state index is 0.336. The molecular weight excluding hydrogens is 301 g/mol. The molecule has 0 saturated carbocycles. The molecule has 0 spiro atoms. The summed E-state index contributed by atoms with van der Waals surface area (Å²) < 4.78 is 11.0. The lowest BCUT2D eigenvalue weighted by Crippen LogP contribution is -1.70. The van der Waals surface area contributed by atoms with Crippen molar-refractivity contribution in [3.8, 4) is 11.8 Å². The third-order valence-electron chi connectivity index (χ3n) is 2.36. The van der Waals surface area contributed by atoms with E-state index in [1.165, 1.54) is 17.4 Å². The third-order valence-corrected chi connectivity index (χ3v) is 2.36. The Kier molecular flexibility index (Phi) is 36.1. The van der Waals surface area contributed by atoms with E-state index >= 15 is 0 Å². The van der Waals surface area contributed by atoms with Crippen LogP contribution in [0.3, 0.4) is 0 Å². The summed E-state index contributed by atoms with van der Waals surface area (Å²) in [5.74, 6) is 5.70. The van der Waals surface area contributed by atoms with Gasteiger partial charge in [-0.05, 0) is 74.0 Å². The number of hydrogen-bond donors (Lipinski definition) is 1.